The lowest BCUT2D eigenvalue weighted by molar-refractivity contribution is 0.875. The van der Waals surface area contributed by atoms with Crippen molar-refractivity contribution in [2.75, 3.05) is 5.32 Å². The first kappa shape index (κ1) is 14.0. The number of hydrogen-bond donors (Lipinski definition) is 2. The Morgan fingerprint density at radius 2 is 2.14 bits per heavy atom. The number of thiophene rings is 1. The van der Waals surface area contributed by atoms with Gasteiger partial charge in [0.15, 0.2) is 0 Å². The molecular weight excluding hydrogens is 306 g/mol. The van der Waals surface area contributed by atoms with Gasteiger partial charge >= 0.3 is 0 Å². The van der Waals surface area contributed by atoms with Gasteiger partial charge in [0.2, 0.25) is 5.95 Å². The van der Waals surface area contributed by atoms with Gasteiger partial charge in [0.25, 0.3) is 0 Å². The van der Waals surface area contributed by atoms with Crippen molar-refractivity contribution in [3.05, 3.63) is 34.9 Å². The summed E-state index contributed by atoms with van der Waals surface area (Å²) in [5.41, 5.74) is 2.67. The molecule has 0 bridgehead atoms. The summed E-state index contributed by atoms with van der Waals surface area (Å²) in [6.45, 7) is 4.10. The average Bonchev–Trinajstić information content (AvgIpc) is 3.06. The van der Waals surface area contributed by atoms with Gasteiger partial charge in [-0.25, -0.2) is 9.97 Å². The number of anilines is 1. The summed E-state index contributed by atoms with van der Waals surface area (Å²) in [6.07, 6.45) is 3.51. The van der Waals surface area contributed by atoms with E-state index in [1.54, 1.807) is 12.4 Å². The second-order valence-electron chi connectivity index (χ2n) is 4.83. The molecule has 2 N–H and O–H groups in total. The van der Waals surface area contributed by atoms with E-state index in [1.165, 1.54) is 11.3 Å². The molecule has 0 amide bonds. The first-order valence-electron chi connectivity index (χ1n) is 6.52. The fraction of sp³-hybridized carbons (Fsp3) is 0.214. The number of nitrogens with one attached hydrogen (secondary N) is 2. The Kier molecular flexibility index (Phi) is 3.90. The lowest BCUT2D eigenvalue weighted by atomic mass is 10.1. The zero-order valence-electron chi connectivity index (χ0n) is 11.6. The van der Waals surface area contributed by atoms with Crippen LogP contribution in [0.15, 0.2) is 30.6 Å². The maximum atomic E-state index is 6.01. The molecule has 0 atom stereocenters. The molecule has 0 aliphatic carbocycles. The summed E-state index contributed by atoms with van der Waals surface area (Å²) in [7, 11) is 0. The highest BCUT2D eigenvalue weighted by molar-refractivity contribution is 7.19. The van der Waals surface area contributed by atoms with Crippen LogP contribution in [0, 0.1) is 0 Å². The van der Waals surface area contributed by atoms with Crippen LogP contribution in [0.1, 0.15) is 13.8 Å². The van der Waals surface area contributed by atoms with E-state index in [-0.39, 0.29) is 6.04 Å². The van der Waals surface area contributed by atoms with Crippen molar-refractivity contribution in [3.63, 3.8) is 0 Å². The normalized spacial score (nSPS) is 11.0. The van der Waals surface area contributed by atoms with Crippen LogP contribution >= 0.6 is 22.9 Å². The standard InChI is InChI=1S/C14H14ClN5S/c1-8(2)18-14-16-6-5-10(19-14)9-7-17-20-13(9)11-3-4-12(15)21-11/h3-8H,1-2H3,(H,17,20)(H,16,18,19). The molecule has 0 saturated carbocycles. The minimum absolute atomic E-state index is 0.278. The highest BCUT2D eigenvalue weighted by Gasteiger charge is 2.13. The predicted octanol–water partition coefficient (Wildman–Crippen LogP) is 4.07. The van der Waals surface area contributed by atoms with Gasteiger partial charge in [0.1, 0.15) is 0 Å². The Bertz CT molecular complexity index is 749. The monoisotopic (exact) mass is 319 g/mol. The second kappa shape index (κ2) is 5.83. The summed E-state index contributed by atoms with van der Waals surface area (Å²) in [6, 6.07) is 5.99. The zero-order chi connectivity index (χ0) is 14.8. The van der Waals surface area contributed by atoms with Crippen LogP contribution in [0.4, 0.5) is 5.95 Å². The second-order valence-corrected chi connectivity index (χ2v) is 6.54. The summed E-state index contributed by atoms with van der Waals surface area (Å²) in [5.74, 6) is 0.610. The third-order valence-corrected chi connectivity index (χ3v) is 4.06. The summed E-state index contributed by atoms with van der Waals surface area (Å²) < 4.78 is 0.746. The number of H-pyrrole nitrogens is 1. The third-order valence-electron chi connectivity index (χ3n) is 2.81. The summed E-state index contributed by atoms with van der Waals surface area (Å²) in [4.78, 5) is 9.79. The molecule has 108 valence electrons. The van der Waals surface area contributed by atoms with E-state index in [0.717, 1.165) is 26.2 Å². The van der Waals surface area contributed by atoms with E-state index in [9.17, 15) is 0 Å². The lowest BCUT2D eigenvalue weighted by Gasteiger charge is -2.08. The fourth-order valence-corrected chi connectivity index (χ4v) is 3.01. The van der Waals surface area contributed by atoms with Gasteiger partial charge in [0, 0.05) is 17.8 Å². The number of rotatable bonds is 4. The Labute approximate surface area is 131 Å². The van der Waals surface area contributed by atoms with Crippen LogP contribution in [0.5, 0.6) is 0 Å². The summed E-state index contributed by atoms with van der Waals surface area (Å²) in [5, 5.41) is 10.3. The first-order chi connectivity index (χ1) is 10.1. The highest BCUT2D eigenvalue weighted by Crippen LogP contribution is 2.35. The molecule has 0 radical (unpaired) electrons. The molecule has 0 aliphatic rings. The molecular formula is C14H14ClN5S. The number of hydrogen-bond acceptors (Lipinski definition) is 5. The fourth-order valence-electron chi connectivity index (χ4n) is 1.95. The minimum atomic E-state index is 0.278. The van der Waals surface area contributed by atoms with Gasteiger partial charge in [-0.2, -0.15) is 5.10 Å². The number of halogens is 1. The van der Waals surface area contributed by atoms with Gasteiger partial charge in [0.05, 0.1) is 26.8 Å². The van der Waals surface area contributed by atoms with Crippen LogP contribution in [0.25, 0.3) is 21.8 Å². The Morgan fingerprint density at radius 3 is 2.86 bits per heavy atom. The van der Waals surface area contributed by atoms with Crippen molar-refractivity contribution in [3.8, 4) is 21.8 Å². The van der Waals surface area contributed by atoms with Crippen LogP contribution in [0.3, 0.4) is 0 Å². The molecule has 0 unspecified atom stereocenters. The predicted molar refractivity (Wildman–Crippen MR) is 86.7 cm³/mol. The molecule has 0 aliphatic heterocycles. The van der Waals surface area contributed by atoms with E-state index < -0.39 is 0 Å². The molecule has 21 heavy (non-hydrogen) atoms. The van der Waals surface area contributed by atoms with Crippen molar-refractivity contribution in [2.45, 2.75) is 19.9 Å². The van der Waals surface area contributed by atoms with Gasteiger partial charge < -0.3 is 5.32 Å². The molecule has 3 aromatic heterocycles. The van der Waals surface area contributed by atoms with Crippen molar-refractivity contribution in [1.29, 1.82) is 0 Å². The molecule has 5 nitrogen and oxygen atoms in total. The topological polar surface area (TPSA) is 66.5 Å². The van der Waals surface area contributed by atoms with E-state index in [0.29, 0.717) is 5.95 Å². The quantitative estimate of drug-likeness (QED) is 0.760. The SMILES string of the molecule is CC(C)Nc1nccc(-c2cn[nH]c2-c2ccc(Cl)s2)n1. The van der Waals surface area contributed by atoms with Gasteiger partial charge in [-0.05, 0) is 32.0 Å². The lowest BCUT2D eigenvalue weighted by Crippen LogP contribution is -2.12. The zero-order valence-corrected chi connectivity index (χ0v) is 13.2. The van der Waals surface area contributed by atoms with E-state index in [4.69, 9.17) is 11.6 Å². The molecule has 0 spiro atoms. The highest BCUT2D eigenvalue weighted by atomic mass is 35.5. The number of aromatic nitrogens is 4. The molecule has 0 saturated heterocycles. The third kappa shape index (κ3) is 3.06. The molecule has 3 aromatic rings. The number of nitrogens with zero attached hydrogens (tertiary/aromatic N) is 3. The van der Waals surface area contributed by atoms with E-state index in [1.807, 2.05) is 32.0 Å². The maximum Gasteiger partial charge on any atom is 0.223 e. The van der Waals surface area contributed by atoms with Gasteiger partial charge in [-0.3, -0.25) is 5.10 Å². The van der Waals surface area contributed by atoms with Crippen LogP contribution in [-0.4, -0.2) is 26.2 Å². The molecule has 0 fully saturated rings. The Hall–Kier alpha value is -1.92. The van der Waals surface area contributed by atoms with Crippen LogP contribution in [-0.2, 0) is 0 Å². The molecule has 7 heteroatoms. The molecule has 0 aromatic carbocycles. The van der Waals surface area contributed by atoms with E-state index >= 15 is 0 Å². The molecule has 3 rings (SSSR count). The van der Waals surface area contributed by atoms with Crippen LogP contribution < -0.4 is 5.32 Å². The van der Waals surface area contributed by atoms with E-state index in [2.05, 4.69) is 25.5 Å². The largest absolute Gasteiger partial charge is 0.352 e. The van der Waals surface area contributed by atoms with Crippen molar-refractivity contribution >= 4 is 28.9 Å². The van der Waals surface area contributed by atoms with Gasteiger partial charge in [-0.15, -0.1) is 11.3 Å². The number of aromatic amines is 1. The summed E-state index contributed by atoms with van der Waals surface area (Å²) >= 11 is 7.51. The minimum Gasteiger partial charge on any atom is -0.352 e. The Morgan fingerprint density at radius 1 is 1.29 bits per heavy atom. The molecule has 3 heterocycles. The average molecular weight is 320 g/mol. The smallest absolute Gasteiger partial charge is 0.223 e. The van der Waals surface area contributed by atoms with Crippen molar-refractivity contribution in [2.24, 2.45) is 0 Å². The van der Waals surface area contributed by atoms with Crippen LogP contribution in [0.2, 0.25) is 4.34 Å². The first-order valence-corrected chi connectivity index (χ1v) is 7.72. The Balaban J connectivity index is 2.00. The van der Waals surface area contributed by atoms with Gasteiger partial charge in [-0.1, -0.05) is 11.6 Å². The maximum absolute atomic E-state index is 6.01. The van der Waals surface area contributed by atoms with Crippen molar-refractivity contribution < 1.29 is 0 Å². The van der Waals surface area contributed by atoms with Crippen molar-refractivity contribution in [1.82, 2.24) is 20.2 Å².